The third-order valence-electron chi connectivity index (χ3n) is 2.08. The van der Waals surface area contributed by atoms with Crippen molar-refractivity contribution in [3.8, 4) is 5.75 Å². The molecule has 0 aliphatic heterocycles. The third-order valence-corrected chi connectivity index (χ3v) is 2.32. The van der Waals surface area contributed by atoms with E-state index < -0.39 is 0 Å². The number of halogens is 1. The summed E-state index contributed by atoms with van der Waals surface area (Å²) in [6.45, 7) is 6.97. The number of amides is 1. The Hall–Kier alpha value is -1.52. The number of hydrogen-bond donors (Lipinski definition) is 1. The molecule has 0 atom stereocenters. The molecular formula is C14H18ClNO3. The second-order valence-electron chi connectivity index (χ2n) is 4.11. The molecule has 5 heteroatoms. The van der Waals surface area contributed by atoms with Crippen molar-refractivity contribution >= 4 is 17.5 Å². The first-order valence-corrected chi connectivity index (χ1v) is 6.33. The highest BCUT2D eigenvalue weighted by Crippen LogP contribution is 2.16. The molecule has 0 radical (unpaired) electrons. The van der Waals surface area contributed by atoms with Crippen molar-refractivity contribution in [2.45, 2.75) is 6.92 Å². The van der Waals surface area contributed by atoms with Crippen LogP contribution < -0.4 is 10.1 Å². The lowest BCUT2D eigenvalue weighted by Gasteiger charge is -2.08. The number of benzene rings is 1. The van der Waals surface area contributed by atoms with Crippen LogP contribution >= 0.6 is 11.6 Å². The summed E-state index contributed by atoms with van der Waals surface area (Å²) >= 11 is 5.80. The zero-order chi connectivity index (χ0) is 14.1. The summed E-state index contributed by atoms with van der Waals surface area (Å²) in [7, 11) is 0. The van der Waals surface area contributed by atoms with Crippen molar-refractivity contribution in [2.75, 3.05) is 26.4 Å². The predicted octanol–water partition coefficient (Wildman–Crippen LogP) is 2.43. The van der Waals surface area contributed by atoms with E-state index in [2.05, 4.69) is 11.9 Å². The zero-order valence-electron chi connectivity index (χ0n) is 10.9. The maximum atomic E-state index is 11.5. The zero-order valence-corrected chi connectivity index (χ0v) is 11.7. The molecule has 1 amide bonds. The third kappa shape index (κ3) is 7.49. The first kappa shape index (κ1) is 15.5. The van der Waals surface area contributed by atoms with Crippen molar-refractivity contribution in [3.63, 3.8) is 0 Å². The predicted molar refractivity (Wildman–Crippen MR) is 75.6 cm³/mol. The molecule has 0 saturated carbocycles. The Balaban J connectivity index is 2.13. The monoisotopic (exact) mass is 283 g/mol. The molecule has 19 heavy (non-hydrogen) atoms. The smallest absolute Gasteiger partial charge is 0.258 e. The fraction of sp³-hybridized carbons (Fsp3) is 0.357. The van der Waals surface area contributed by atoms with Crippen LogP contribution in [0.3, 0.4) is 0 Å². The highest BCUT2D eigenvalue weighted by atomic mass is 35.5. The normalized spacial score (nSPS) is 10.0. The lowest BCUT2D eigenvalue weighted by atomic mass is 10.3. The molecule has 1 aromatic rings. The second-order valence-corrected chi connectivity index (χ2v) is 4.54. The van der Waals surface area contributed by atoms with E-state index in [1.165, 1.54) is 0 Å². The molecule has 1 N–H and O–H groups in total. The second kappa shape index (κ2) is 8.56. The first-order valence-electron chi connectivity index (χ1n) is 5.95. The highest BCUT2D eigenvalue weighted by molar-refractivity contribution is 6.30. The van der Waals surface area contributed by atoms with Crippen LogP contribution in [0.1, 0.15) is 6.92 Å². The summed E-state index contributed by atoms with van der Waals surface area (Å²) in [4.78, 5) is 11.5. The summed E-state index contributed by atoms with van der Waals surface area (Å²) in [5, 5.41) is 3.26. The SMILES string of the molecule is C=C(C)COCCNC(=O)COc1cccc(Cl)c1. The molecular weight excluding hydrogens is 266 g/mol. The minimum absolute atomic E-state index is 0.0408. The first-order chi connectivity index (χ1) is 9.08. The minimum atomic E-state index is -0.195. The van der Waals surface area contributed by atoms with Crippen molar-refractivity contribution < 1.29 is 14.3 Å². The lowest BCUT2D eigenvalue weighted by Crippen LogP contribution is -2.31. The van der Waals surface area contributed by atoms with Crippen molar-refractivity contribution in [2.24, 2.45) is 0 Å². The van der Waals surface area contributed by atoms with Crippen molar-refractivity contribution in [1.29, 1.82) is 0 Å². The molecule has 0 aliphatic rings. The molecule has 0 fully saturated rings. The molecule has 0 bridgehead atoms. The van der Waals surface area contributed by atoms with Gasteiger partial charge in [-0.15, -0.1) is 0 Å². The molecule has 0 heterocycles. The number of rotatable bonds is 8. The molecule has 0 aromatic heterocycles. The molecule has 104 valence electrons. The van der Waals surface area contributed by atoms with Gasteiger partial charge in [-0.1, -0.05) is 29.8 Å². The molecule has 0 saturated heterocycles. The number of nitrogens with one attached hydrogen (secondary N) is 1. The van der Waals surface area contributed by atoms with Gasteiger partial charge in [0.25, 0.3) is 5.91 Å². The lowest BCUT2D eigenvalue weighted by molar-refractivity contribution is -0.123. The summed E-state index contributed by atoms with van der Waals surface area (Å²) < 4.78 is 10.5. The maximum absolute atomic E-state index is 11.5. The Bertz CT molecular complexity index is 434. The quantitative estimate of drug-likeness (QED) is 0.589. The Kier molecular flexibility index (Phi) is 7.00. The van der Waals surface area contributed by atoms with Crippen LogP contribution in [0.25, 0.3) is 0 Å². The van der Waals surface area contributed by atoms with E-state index in [9.17, 15) is 4.79 Å². The van der Waals surface area contributed by atoms with Gasteiger partial charge in [-0.2, -0.15) is 0 Å². The van der Waals surface area contributed by atoms with Gasteiger partial charge in [0.1, 0.15) is 5.75 Å². The maximum Gasteiger partial charge on any atom is 0.258 e. The average Bonchev–Trinajstić information content (AvgIpc) is 2.35. The molecule has 0 unspecified atom stereocenters. The standard InChI is InChI=1S/C14H18ClNO3/c1-11(2)9-18-7-6-16-14(17)10-19-13-5-3-4-12(15)8-13/h3-5,8H,1,6-7,9-10H2,2H3,(H,16,17). The van der Waals surface area contributed by atoms with E-state index in [1.807, 2.05) is 6.92 Å². The van der Waals surface area contributed by atoms with E-state index >= 15 is 0 Å². The van der Waals surface area contributed by atoms with Gasteiger partial charge in [0.15, 0.2) is 6.61 Å². The van der Waals surface area contributed by atoms with E-state index in [-0.39, 0.29) is 12.5 Å². The summed E-state index contributed by atoms with van der Waals surface area (Å²) in [6, 6.07) is 6.91. The van der Waals surface area contributed by atoms with Gasteiger partial charge in [-0.3, -0.25) is 4.79 Å². The van der Waals surface area contributed by atoms with E-state index in [0.717, 1.165) is 5.57 Å². The molecule has 1 aromatic carbocycles. The average molecular weight is 284 g/mol. The van der Waals surface area contributed by atoms with E-state index in [0.29, 0.717) is 30.5 Å². The Morgan fingerprint density at radius 2 is 2.21 bits per heavy atom. The summed E-state index contributed by atoms with van der Waals surface area (Å²) in [6.07, 6.45) is 0. The van der Waals surface area contributed by atoms with E-state index in [1.54, 1.807) is 24.3 Å². The van der Waals surface area contributed by atoms with Crippen LogP contribution in [0.4, 0.5) is 0 Å². The van der Waals surface area contributed by atoms with Crippen molar-refractivity contribution in [1.82, 2.24) is 5.32 Å². The number of carbonyl (C=O) groups is 1. The van der Waals surface area contributed by atoms with Crippen LogP contribution in [0, 0.1) is 0 Å². The van der Waals surface area contributed by atoms with Crippen LogP contribution in [-0.2, 0) is 9.53 Å². The van der Waals surface area contributed by atoms with Gasteiger partial charge < -0.3 is 14.8 Å². The summed E-state index contributed by atoms with van der Waals surface area (Å²) in [5.41, 5.74) is 0.954. The van der Waals surface area contributed by atoms with Crippen LogP contribution in [-0.4, -0.2) is 32.3 Å². The number of carbonyl (C=O) groups excluding carboxylic acids is 1. The van der Waals surface area contributed by atoms with Gasteiger partial charge in [0.05, 0.1) is 13.2 Å². The van der Waals surface area contributed by atoms with Crippen LogP contribution in [0.2, 0.25) is 5.02 Å². The summed E-state index contributed by atoms with van der Waals surface area (Å²) in [5.74, 6) is 0.375. The Morgan fingerprint density at radius 3 is 2.89 bits per heavy atom. The fourth-order valence-corrected chi connectivity index (χ4v) is 1.45. The molecule has 0 spiro atoms. The van der Waals surface area contributed by atoms with Gasteiger partial charge in [-0.05, 0) is 25.1 Å². The molecule has 1 rings (SSSR count). The van der Waals surface area contributed by atoms with Crippen LogP contribution in [0.5, 0.6) is 5.75 Å². The van der Waals surface area contributed by atoms with E-state index in [4.69, 9.17) is 21.1 Å². The fourth-order valence-electron chi connectivity index (χ4n) is 1.27. The van der Waals surface area contributed by atoms with Crippen molar-refractivity contribution in [3.05, 3.63) is 41.4 Å². The topological polar surface area (TPSA) is 47.6 Å². The van der Waals surface area contributed by atoms with Gasteiger partial charge in [-0.25, -0.2) is 0 Å². The minimum Gasteiger partial charge on any atom is -0.484 e. The van der Waals surface area contributed by atoms with Gasteiger partial charge in [0, 0.05) is 11.6 Å². The molecule has 0 aliphatic carbocycles. The molecule has 4 nitrogen and oxygen atoms in total. The Morgan fingerprint density at radius 1 is 1.42 bits per heavy atom. The Labute approximate surface area is 118 Å². The van der Waals surface area contributed by atoms with Gasteiger partial charge in [0.2, 0.25) is 0 Å². The number of ether oxygens (including phenoxy) is 2. The number of hydrogen-bond acceptors (Lipinski definition) is 3. The van der Waals surface area contributed by atoms with Crippen LogP contribution in [0.15, 0.2) is 36.4 Å². The van der Waals surface area contributed by atoms with Gasteiger partial charge >= 0.3 is 0 Å². The largest absolute Gasteiger partial charge is 0.484 e. The highest BCUT2D eigenvalue weighted by Gasteiger charge is 2.02.